The van der Waals surface area contributed by atoms with Gasteiger partial charge in [-0.25, -0.2) is 0 Å². The lowest BCUT2D eigenvalue weighted by Crippen LogP contribution is -2.29. The Morgan fingerprint density at radius 1 is 1.47 bits per heavy atom. The summed E-state index contributed by atoms with van der Waals surface area (Å²) < 4.78 is 5.02. The molecule has 1 aromatic rings. The largest absolute Gasteiger partial charge is 0.507 e. The lowest BCUT2D eigenvalue weighted by Gasteiger charge is -2.18. The van der Waals surface area contributed by atoms with Crippen LogP contribution < -0.4 is 4.74 Å². The summed E-state index contributed by atoms with van der Waals surface area (Å²) in [6.45, 7) is 5.92. The van der Waals surface area contributed by atoms with Crippen molar-refractivity contribution in [2.75, 3.05) is 20.2 Å². The normalized spacial score (nSPS) is 18.9. The summed E-state index contributed by atoms with van der Waals surface area (Å²) in [7, 11) is 1.53. The highest BCUT2D eigenvalue weighted by Crippen LogP contribution is 2.28. The minimum absolute atomic E-state index is 0.0163. The van der Waals surface area contributed by atoms with Gasteiger partial charge >= 0.3 is 0 Å². The zero-order valence-electron chi connectivity index (χ0n) is 11.7. The maximum Gasteiger partial charge on any atom is 0.257 e. The smallest absolute Gasteiger partial charge is 0.257 e. The molecule has 1 unspecified atom stereocenters. The van der Waals surface area contributed by atoms with Crippen molar-refractivity contribution in [1.82, 2.24) is 4.90 Å². The summed E-state index contributed by atoms with van der Waals surface area (Å²) in [5.41, 5.74) is 0.352. The van der Waals surface area contributed by atoms with Gasteiger partial charge in [0.2, 0.25) is 0 Å². The van der Waals surface area contributed by atoms with E-state index in [9.17, 15) is 9.90 Å². The van der Waals surface area contributed by atoms with Crippen molar-refractivity contribution in [3.63, 3.8) is 0 Å². The molecule has 1 atom stereocenters. The molecule has 0 saturated carbocycles. The van der Waals surface area contributed by atoms with Gasteiger partial charge in [0.05, 0.1) is 12.7 Å². The summed E-state index contributed by atoms with van der Waals surface area (Å²) in [5.74, 6) is 1.59. The number of aromatic hydroxyl groups is 1. The lowest BCUT2D eigenvalue weighted by molar-refractivity contribution is 0.0781. The Morgan fingerprint density at radius 2 is 2.21 bits per heavy atom. The van der Waals surface area contributed by atoms with Crippen LogP contribution in [0.5, 0.6) is 11.5 Å². The maximum absolute atomic E-state index is 12.4. The summed E-state index contributed by atoms with van der Waals surface area (Å²) >= 11 is 0. The van der Waals surface area contributed by atoms with Crippen LogP contribution in [0, 0.1) is 11.8 Å². The van der Waals surface area contributed by atoms with Crippen molar-refractivity contribution in [3.05, 3.63) is 23.8 Å². The van der Waals surface area contributed by atoms with Gasteiger partial charge in [0.1, 0.15) is 11.5 Å². The van der Waals surface area contributed by atoms with Gasteiger partial charge in [-0.2, -0.15) is 0 Å². The number of carbonyl (C=O) groups excluding carboxylic acids is 1. The van der Waals surface area contributed by atoms with Crippen LogP contribution in [-0.2, 0) is 0 Å². The molecule has 4 heteroatoms. The number of ether oxygens (including phenoxy) is 1. The van der Waals surface area contributed by atoms with Crippen LogP contribution in [0.15, 0.2) is 18.2 Å². The first kappa shape index (κ1) is 13.7. The molecule has 1 amide bonds. The summed E-state index contributed by atoms with van der Waals surface area (Å²) in [4.78, 5) is 14.2. The molecule has 1 saturated heterocycles. The Morgan fingerprint density at radius 3 is 2.74 bits per heavy atom. The predicted molar refractivity (Wildman–Crippen MR) is 73.5 cm³/mol. The molecular formula is C15H21NO3. The third kappa shape index (κ3) is 2.83. The van der Waals surface area contributed by atoms with Crippen LogP contribution in [0.25, 0.3) is 0 Å². The van der Waals surface area contributed by atoms with E-state index < -0.39 is 0 Å². The zero-order valence-corrected chi connectivity index (χ0v) is 11.7. The van der Waals surface area contributed by atoms with E-state index in [2.05, 4.69) is 13.8 Å². The van der Waals surface area contributed by atoms with Gasteiger partial charge < -0.3 is 14.7 Å². The van der Waals surface area contributed by atoms with E-state index in [1.807, 2.05) is 4.90 Å². The van der Waals surface area contributed by atoms with E-state index in [4.69, 9.17) is 4.74 Å². The van der Waals surface area contributed by atoms with Gasteiger partial charge in [-0.1, -0.05) is 13.8 Å². The SMILES string of the molecule is COc1ccc(C(=O)N2CCC(C(C)C)C2)c(O)c1. The topological polar surface area (TPSA) is 49.8 Å². The molecule has 2 rings (SSSR count). The first-order valence-electron chi connectivity index (χ1n) is 6.69. The molecule has 1 aliphatic heterocycles. The van der Waals surface area contributed by atoms with Gasteiger partial charge in [-0.3, -0.25) is 4.79 Å². The second-order valence-corrected chi connectivity index (χ2v) is 5.43. The summed E-state index contributed by atoms with van der Waals surface area (Å²) in [6, 6.07) is 4.80. The molecular weight excluding hydrogens is 242 g/mol. The molecule has 19 heavy (non-hydrogen) atoms. The van der Waals surface area contributed by atoms with Crippen molar-refractivity contribution >= 4 is 5.91 Å². The zero-order chi connectivity index (χ0) is 14.0. The molecule has 104 valence electrons. The van der Waals surface area contributed by atoms with Crippen molar-refractivity contribution in [1.29, 1.82) is 0 Å². The Kier molecular flexibility index (Phi) is 3.98. The molecule has 0 bridgehead atoms. The Balaban J connectivity index is 2.12. The van der Waals surface area contributed by atoms with Crippen molar-refractivity contribution in [2.24, 2.45) is 11.8 Å². The number of amides is 1. The van der Waals surface area contributed by atoms with Crippen molar-refractivity contribution < 1.29 is 14.6 Å². The van der Waals surface area contributed by atoms with Gasteiger partial charge in [-0.05, 0) is 30.4 Å². The van der Waals surface area contributed by atoms with Crippen LogP contribution in [0.4, 0.5) is 0 Å². The minimum atomic E-state index is -0.0942. The molecule has 0 radical (unpaired) electrons. The van der Waals surface area contributed by atoms with Gasteiger partial charge in [0.15, 0.2) is 0 Å². The quantitative estimate of drug-likeness (QED) is 0.911. The third-order valence-electron chi connectivity index (χ3n) is 3.89. The number of hydrogen-bond donors (Lipinski definition) is 1. The number of methoxy groups -OCH3 is 1. The number of rotatable bonds is 3. The molecule has 1 aliphatic rings. The standard InChI is InChI=1S/C15H21NO3/c1-10(2)11-6-7-16(9-11)15(18)13-5-4-12(19-3)8-14(13)17/h4-5,8,10-11,17H,6-7,9H2,1-3H3. The number of phenolic OH excluding ortho intramolecular Hbond substituents is 1. The molecule has 1 aromatic carbocycles. The number of benzene rings is 1. The predicted octanol–water partition coefficient (Wildman–Crippen LogP) is 2.52. The van der Waals surface area contributed by atoms with E-state index in [1.165, 1.54) is 13.2 Å². The fraction of sp³-hybridized carbons (Fsp3) is 0.533. The Labute approximate surface area is 114 Å². The summed E-state index contributed by atoms with van der Waals surface area (Å²) in [6.07, 6.45) is 1.04. The Hall–Kier alpha value is -1.71. The number of carbonyl (C=O) groups is 1. The number of nitrogens with zero attached hydrogens (tertiary/aromatic N) is 1. The van der Waals surface area contributed by atoms with Crippen LogP contribution in [0.3, 0.4) is 0 Å². The van der Waals surface area contributed by atoms with Crippen LogP contribution in [-0.4, -0.2) is 36.1 Å². The fourth-order valence-electron chi connectivity index (χ4n) is 2.51. The minimum Gasteiger partial charge on any atom is -0.507 e. The molecule has 1 fully saturated rings. The van der Waals surface area contributed by atoms with Crippen LogP contribution >= 0.6 is 0 Å². The van der Waals surface area contributed by atoms with Gasteiger partial charge in [0.25, 0.3) is 5.91 Å². The third-order valence-corrected chi connectivity index (χ3v) is 3.89. The molecule has 4 nitrogen and oxygen atoms in total. The highest BCUT2D eigenvalue weighted by molar-refractivity contribution is 5.97. The van der Waals surface area contributed by atoms with E-state index in [0.717, 1.165) is 19.5 Å². The second-order valence-electron chi connectivity index (χ2n) is 5.43. The Bertz CT molecular complexity index is 470. The van der Waals surface area contributed by atoms with Gasteiger partial charge in [0, 0.05) is 19.2 Å². The first-order valence-corrected chi connectivity index (χ1v) is 6.69. The fourth-order valence-corrected chi connectivity index (χ4v) is 2.51. The summed E-state index contributed by atoms with van der Waals surface area (Å²) in [5, 5.41) is 9.90. The highest BCUT2D eigenvalue weighted by Gasteiger charge is 2.29. The first-order chi connectivity index (χ1) is 9.02. The highest BCUT2D eigenvalue weighted by atomic mass is 16.5. The van der Waals surface area contributed by atoms with Crippen molar-refractivity contribution in [2.45, 2.75) is 20.3 Å². The van der Waals surface area contributed by atoms with E-state index >= 15 is 0 Å². The van der Waals surface area contributed by atoms with Crippen LogP contribution in [0.1, 0.15) is 30.6 Å². The maximum atomic E-state index is 12.4. The second kappa shape index (κ2) is 5.51. The average molecular weight is 263 g/mol. The molecule has 1 heterocycles. The molecule has 0 spiro atoms. The molecule has 0 aromatic heterocycles. The van der Waals surface area contributed by atoms with E-state index in [-0.39, 0.29) is 11.7 Å². The lowest BCUT2D eigenvalue weighted by atomic mass is 9.95. The molecule has 1 N–H and O–H groups in total. The van der Waals surface area contributed by atoms with Gasteiger partial charge in [-0.15, -0.1) is 0 Å². The van der Waals surface area contributed by atoms with E-state index in [1.54, 1.807) is 12.1 Å². The average Bonchev–Trinajstić information content (AvgIpc) is 2.87. The number of likely N-dealkylation sites (tertiary alicyclic amines) is 1. The van der Waals surface area contributed by atoms with Crippen LogP contribution in [0.2, 0.25) is 0 Å². The molecule has 0 aliphatic carbocycles. The van der Waals surface area contributed by atoms with Crippen molar-refractivity contribution in [3.8, 4) is 11.5 Å². The number of phenols is 1. The number of hydrogen-bond acceptors (Lipinski definition) is 3. The monoisotopic (exact) mass is 263 g/mol. The van der Waals surface area contributed by atoms with E-state index in [0.29, 0.717) is 23.1 Å².